The first-order valence-corrected chi connectivity index (χ1v) is 30.4. The average molecular weight is 964 g/mol. The summed E-state index contributed by atoms with van der Waals surface area (Å²) in [5.41, 5.74) is 0. The van der Waals surface area contributed by atoms with Crippen LogP contribution >= 0.6 is 0 Å². The highest BCUT2D eigenvalue weighted by Crippen LogP contribution is 2.17. The van der Waals surface area contributed by atoms with Gasteiger partial charge in [0.1, 0.15) is 0 Å². The minimum Gasteiger partial charge on any atom is -0.550 e. The second-order valence-electron chi connectivity index (χ2n) is 23.2. The Bertz CT molecular complexity index is 973. The quantitative estimate of drug-likeness (QED) is 0.0346. The number of carbonyl (C=O) groups excluding carboxylic acids is 2. The predicted octanol–water partition coefficient (Wildman–Crippen LogP) is 17.0. The number of hydrogen-bond acceptors (Lipinski definition) is 4. The molecule has 0 heterocycles. The third-order valence-corrected chi connectivity index (χ3v) is 13.6. The maximum absolute atomic E-state index is 10.8. The van der Waals surface area contributed by atoms with Crippen molar-refractivity contribution in [3.8, 4) is 0 Å². The average Bonchev–Trinajstić information content (AvgIpc) is 3.28. The van der Waals surface area contributed by atoms with Crippen LogP contribution in [0.3, 0.4) is 0 Å². The first-order chi connectivity index (χ1) is 32.7. The van der Waals surface area contributed by atoms with E-state index in [1.807, 2.05) is 0 Å². The molecule has 68 heavy (non-hydrogen) atoms. The topological polar surface area (TPSA) is 80.3 Å². The standard InChI is InChI=1S/C24H44O4.2C19H42N/c1-2-3-4-5-6-7-8-9-10-11-12-13-14-15-16-17-18-19-20-22(24(27)28)21-23(25)26;2*1-5-6-7-8-9-10-11-12-13-14-15-16-17-18-19-20(2,3)4/h19-20,22H,2-18,21H2,1H3,(H,25,26)(H,27,28);2*5-19H2,1-4H3/q;2*+1/p-2. The van der Waals surface area contributed by atoms with Crippen molar-refractivity contribution in [2.45, 2.75) is 316 Å². The molecular formula is C62H126N2O4. The van der Waals surface area contributed by atoms with Crippen molar-refractivity contribution in [3.63, 3.8) is 0 Å². The van der Waals surface area contributed by atoms with Gasteiger partial charge in [0.15, 0.2) is 0 Å². The van der Waals surface area contributed by atoms with Crippen LogP contribution in [-0.4, -0.2) is 76.3 Å². The van der Waals surface area contributed by atoms with Crippen LogP contribution in [0.1, 0.15) is 316 Å². The van der Waals surface area contributed by atoms with Crippen LogP contribution in [0.4, 0.5) is 0 Å². The molecule has 0 spiro atoms. The Morgan fingerprint density at radius 3 is 0.735 bits per heavy atom. The van der Waals surface area contributed by atoms with Gasteiger partial charge < -0.3 is 28.8 Å². The zero-order valence-corrected chi connectivity index (χ0v) is 48.2. The van der Waals surface area contributed by atoms with Crippen molar-refractivity contribution in [1.82, 2.24) is 0 Å². The summed E-state index contributed by atoms with van der Waals surface area (Å²) in [6.45, 7) is 9.51. The molecular weight excluding hydrogens is 837 g/mol. The largest absolute Gasteiger partial charge is 0.550 e. The molecule has 0 bridgehead atoms. The van der Waals surface area contributed by atoms with E-state index in [1.165, 1.54) is 289 Å². The molecule has 0 rings (SSSR count). The van der Waals surface area contributed by atoms with Crippen LogP contribution in [0.2, 0.25) is 0 Å². The molecule has 0 N–H and O–H groups in total. The Morgan fingerprint density at radius 1 is 0.338 bits per heavy atom. The zero-order chi connectivity index (χ0) is 51.1. The number of carboxylic acid groups (broad SMARTS) is 2. The smallest absolute Gasteiger partial charge is 0.0780 e. The summed E-state index contributed by atoms with van der Waals surface area (Å²) in [5, 5.41) is 21.3. The van der Waals surface area contributed by atoms with Gasteiger partial charge in [0.25, 0.3) is 0 Å². The van der Waals surface area contributed by atoms with Crippen LogP contribution in [0.15, 0.2) is 12.2 Å². The van der Waals surface area contributed by atoms with Crippen LogP contribution in [0.25, 0.3) is 0 Å². The number of rotatable bonds is 51. The molecule has 0 amide bonds. The lowest BCUT2D eigenvalue weighted by Gasteiger charge is -2.23. The first-order valence-electron chi connectivity index (χ1n) is 30.4. The van der Waals surface area contributed by atoms with E-state index in [0.717, 1.165) is 28.2 Å². The molecule has 0 fully saturated rings. The molecule has 0 aromatic rings. The van der Waals surface area contributed by atoms with Crippen LogP contribution in [-0.2, 0) is 9.59 Å². The van der Waals surface area contributed by atoms with Crippen LogP contribution in [0.5, 0.6) is 0 Å². The fraction of sp³-hybridized carbons (Fsp3) is 0.935. The van der Waals surface area contributed by atoms with Gasteiger partial charge in [-0.1, -0.05) is 283 Å². The van der Waals surface area contributed by atoms with E-state index >= 15 is 0 Å². The van der Waals surface area contributed by atoms with Gasteiger partial charge in [-0.3, -0.25) is 0 Å². The van der Waals surface area contributed by atoms with Gasteiger partial charge in [0.05, 0.1) is 55.4 Å². The highest BCUT2D eigenvalue weighted by Gasteiger charge is 2.07. The van der Waals surface area contributed by atoms with Gasteiger partial charge in [-0.2, -0.15) is 0 Å². The van der Waals surface area contributed by atoms with Crippen LogP contribution < -0.4 is 10.2 Å². The number of carboxylic acids is 2. The van der Waals surface area contributed by atoms with E-state index in [1.54, 1.807) is 6.08 Å². The summed E-state index contributed by atoms with van der Waals surface area (Å²) in [5.74, 6) is -3.79. The number of unbranched alkanes of at least 4 members (excludes halogenated alkanes) is 42. The number of carbonyl (C=O) groups is 2. The molecule has 0 aliphatic heterocycles. The Morgan fingerprint density at radius 2 is 0.544 bits per heavy atom. The number of aliphatic carboxylic acids is 2. The monoisotopic (exact) mass is 963 g/mol. The molecule has 0 aromatic heterocycles. The minimum atomic E-state index is -1.36. The highest BCUT2D eigenvalue weighted by atomic mass is 16.4. The summed E-state index contributed by atoms with van der Waals surface area (Å²) < 4.78 is 2.25. The molecule has 6 nitrogen and oxygen atoms in total. The number of quaternary nitrogens is 2. The molecule has 0 saturated carbocycles. The van der Waals surface area contributed by atoms with Crippen molar-refractivity contribution in [2.24, 2.45) is 5.92 Å². The van der Waals surface area contributed by atoms with Gasteiger partial charge in [-0.05, 0) is 44.9 Å². The molecule has 408 valence electrons. The fourth-order valence-corrected chi connectivity index (χ4v) is 9.04. The minimum absolute atomic E-state index is 0.516. The Kier molecular flexibility index (Phi) is 58.9. The number of nitrogens with zero attached hydrogens (tertiary/aromatic N) is 2. The van der Waals surface area contributed by atoms with E-state index < -0.39 is 24.3 Å². The fourth-order valence-electron chi connectivity index (χ4n) is 9.04. The summed E-state index contributed by atoms with van der Waals surface area (Å²) in [6, 6.07) is 0. The normalized spacial score (nSPS) is 12.2. The van der Waals surface area contributed by atoms with Gasteiger partial charge in [0.2, 0.25) is 0 Å². The second kappa shape index (κ2) is 56.5. The van der Waals surface area contributed by atoms with E-state index in [0.29, 0.717) is 0 Å². The maximum atomic E-state index is 10.8. The van der Waals surface area contributed by atoms with E-state index in [9.17, 15) is 19.8 Å². The Labute approximate surface area is 428 Å². The lowest BCUT2D eigenvalue weighted by atomic mass is 10.0. The zero-order valence-electron chi connectivity index (χ0n) is 48.2. The van der Waals surface area contributed by atoms with Gasteiger partial charge >= 0.3 is 0 Å². The Hall–Kier alpha value is -1.40. The number of allylic oxidation sites excluding steroid dienone is 1. The van der Waals surface area contributed by atoms with E-state index in [4.69, 9.17) is 0 Å². The SMILES string of the molecule is CCCCCCCCCCCCCCCCCCC=CC(CC(=O)[O-])C(=O)[O-].CCCCCCCCCCCCCCCC[N+](C)(C)C.CCCCCCCCCCCCCCCC[N+](C)(C)C. The molecule has 1 unspecified atom stereocenters. The molecule has 1 atom stereocenters. The highest BCUT2D eigenvalue weighted by molar-refractivity contribution is 5.77. The second-order valence-corrected chi connectivity index (χ2v) is 23.2. The molecule has 0 aliphatic carbocycles. The van der Waals surface area contributed by atoms with Crippen molar-refractivity contribution in [2.75, 3.05) is 55.4 Å². The third kappa shape index (κ3) is 71.2. The lowest BCUT2D eigenvalue weighted by Crippen LogP contribution is -2.35. The molecule has 0 saturated heterocycles. The molecule has 0 radical (unpaired) electrons. The summed E-state index contributed by atoms with van der Waals surface area (Å²) in [4.78, 5) is 21.3. The summed E-state index contributed by atoms with van der Waals surface area (Å²) >= 11 is 0. The van der Waals surface area contributed by atoms with Gasteiger partial charge in [-0.25, -0.2) is 0 Å². The van der Waals surface area contributed by atoms with Crippen molar-refractivity contribution < 1.29 is 28.8 Å². The lowest BCUT2D eigenvalue weighted by molar-refractivity contribution is -0.870. The van der Waals surface area contributed by atoms with Crippen molar-refractivity contribution in [3.05, 3.63) is 12.2 Å². The van der Waals surface area contributed by atoms with E-state index in [-0.39, 0.29) is 0 Å². The Balaban J connectivity index is -0.000000953. The van der Waals surface area contributed by atoms with Crippen molar-refractivity contribution >= 4 is 11.9 Å². The third-order valence-electron chi connectivity index (χ3n) is 13.6. The van der Waals surface area contributed by atoms with Gasteiger partial charge in [0, 0.05) is 17.9 Å². The van der Waals surface area contributed by atoms with Crippen molar-refractivity contribution in [1.29, 1.82) is 0 Å². The van der Waals surface area contributed by atoms with E-state index in [2.05, 4.69) is 63.1 Å². The summed E-state index contributed by atoms with van der Waals surface area (Å²) in [7, 11) is 13.8. The number of hydrogen-bond donors (Lipinski definition) is 0. The van der Waals surface area contributed by atoms with Crippen LogP contribution in [0, 0.1) is 5.92 Å². The first kappa shape index (κ1) is 70.9. The molecule has 0 aromatic carbocycles. The molecule has 0 aliphatic rings. The maximum Gasteiger partial charge on any atom is 0.0780 e. The summed E-state index contributed by atoms with van der Waals surface area (Å²) in [6.07, 6.45) is 65.4. The predicted molar refractivity (Wildman–Crippen MR) is 298 cm³/mol. The van der Waals surface area contributed by atoms with Gasteiger partial charge in [-0.15, -0.1) is 0 Å². The molecule has 6 heteroatoms.